The van der Waals surface area contributed by atoms with E-state index in [1.54, 1.807) is 0 Å². The molecule has 0 saturated heterocycles. The van der Waals surface area contributed by atoms with E-state index in [1.807, 2.05) is 13.0 Å². The summed E-state index contributed by atoms with van der Waals surface area (Å²) in [6.07, 6.45) is 10.3. The van der Waals surface area contributed by atoms with Gasteiger partial charge in [0.15, 0.2) is 0 Å². The van der Waals surface area contributed by atoms with Gasteiger partial charge >= 0.3 is 171 Å². The first-order chi connectivity index (χ1) is 12.9. The number of carbonyl (C=O) groups excluding carboxylic acids is 1. The van der Waals surface area contributed by atoms with Crippen molar-refractivity contribution >= 4 is 24.3 Å². The Labute approximate surface area is 171 Å². The van der Waals surface area contributed by atoms with Crippen LogP contribution < -0.4 is 0 Å². The van der Waals surface area contributed by atoms with Crippen LogP contribution in [-0.4, -0.2) is 49.8 Å². The van der Waals surface area contributed by atoms with Crippen LogP contribution in [0.3, 0.4) is 0 Å². The van der Waals surface area contributed by atoms with Gasteiger partial charge in [0, 0.05) is 0 Å². The minimum atomic E-state index is -2.41. The summed E-state index contributed by atoms with van der Waals surface area (Å²) in [7, 11) is 2.86. The molecule has 0 aliphatic carbocycles. The molecule has 0 aromatic rings. The monoisotopic (exact) mass is 490 g/mol. The first-order valence-electron chi connectivity index (χ1n) is 10.6. The fourth-order valence-corrected chi connectivity index (χ4v) is 17.8. The molecule has 2 atom stereocenters. The molecule has 0 spiro atoms. The van der Waals surface area contributed by atoms with Crippen LogP contribution in [0.5, 0.6) is 0 Å². The number of rotatable bonds is 15. The number of esters is 1. The Morgan fingerprint density at radius 1 is 0.963 bits per heavy atom. The van der Waals surface area contributed by atoms with Crippen LogP contribution in [0, 0.1) is 5.92 Å². The summed E-state index contributed by atoms with van der Waals surface area (Å²) in [6, 6.07) is 0. The Bertz CT molecular complexity index is 437. The molecule has 0 unspecified atom stereocenters. The van der Waals surface area contributed by atoms with Crippen LogP contribution in [0.4, 0.5) is 0 Å². The van der Waals surface area contributed by atoms with Crippen molar-refractivity contribution in [1.29, 1.82) is 0 Å². The normalized spacial score (nSPS) is 15.0. The van der Waals surface area contributed by atoms with E-state index in [1.165, 1.54) is 72.1 Å². The second kappa shape index (κ2) is 15.4. The molecule has 5 heteroatoms. The molecule has 1 N–H and O–H groups in total. The van der Waals surface area contributed by atoms with Crippen molar-refractivity contribution in [1.82, 2.24) is 0 Å². The molecule has 158 valence electrons. The van der Waals surface area contributed by atoms with E-state index in [4.69, 9.17) is 4.74 Å². The van der Waals surface area contributed by atoms with Crippen molar-refractivity contribution in [2.75, 3.05) is 14.2 Å². The van der Waals surface area contributed by atoms with Gasteiger partial charge < -0.3 is 0 Å². The summed E-state index contributed by atoms with van der Waals surface area (Å²) >= 11 is -2.41. The molecule has 0 rings (SSSR count). The first kappa shape index (κ1) is 26.5. The number of aliphatic hydroxyl groups is 1. The molecule has 0 fully saturated rings. The van der Waals surface area contributed by atoms with Crippen LogP contribution in [-0.2, 0) is 14.3 Å². The Balaban J connectivity index is 5.41. The zero-order valence-electron chi connectivity index (χ0n) is 18.4. The van der Waals surface area contributed by atoms with Crippen molar-refractivity contribution in [2.24, 2.45) is 5.92 Å². The predicted molar refractivity (Wildman–Crippen MR) is 116 cm³/mol. The van der Waals surface area contributed by atoms with Crippen molar-refractivity contribution in [3.8, 4) is 0 Å². The second-order valence-corrected chi connectivity index (χ2v) is 20.6. The standard InChI is InChI=1S/C10H15O4.3C4H9.Sn/c1-5-8(11)7(2)9(13-3)6-10(12)14-4;3*1-3-4-2;/h1,5-8,11H,2-4H3;3*1,3-4H2,2H3;/b5-1?,9-6-;;;;/t7-,8+;;;;/m1..../s1. The van der Waals surface area contributed by atoms with E-state index in [9.17, 15) is 9.90 Å². The molecule has 0 bridgehead atoms. The number of hydrogen-bond acceptors (Lipinski definition) is 4. The van der Waals surface area contributed by atoms with Crippen LogP contribution >= 0.6 is 0 Å². The molecule has 27 heavy (non-hydrogen) atoms. The third-order valence-corrected chi connectivity index (χ3v) is 19.5. The van der Waals surface area contributed by atoms with Gasteiger partial charge in [-0.15, -0.1) is 0 Å². The third-order valence-electron chi connectivity index (χ3n) is 5.39. The van der Waals surface area contributed by atoms with Crippen LogP contribution in [0.1, 0.15) is 66.2 Å². The molecule has 4 nitrogen and oxygen atoms in total. The fraction of sp³-hybridized carbons (Fsp3) is 0.773. The molecule has 0 aliphatic heterocycles. The molecule has 0 saturated carbocycles. The topological polar surface area (TPSA) is 55.8 Å². The van der Waals surface area contributed by atoms with Crippen LogP contribution in [0.25, 0.3) is 0 Å². The van der Waals surface area contributed by atoms with Gasteiger partial charge in [0.1, 0.15) is 0 Å². The Morgan fingerprint density at radius 2 is 1.44 bits per heavy atom. The van der Waals surface area contributed by atoms with Gasteiger partial charge in [-0.2, -0.15) is 0 Å². The number of methoxy groups -OCH3 is 2. The molecule has 0 aromatic carbocycles. The summed E-state index contributed by atoms with van der Waals surface area (Å²) < 4.78 is 16.6. The molecular weight excluding hydrogens is 447 g/mol. The average molecular weight is 489 g/mol. The second-order valence-electron chi connectivity index (χ2n) is 7.59. The summed E-state index contributed by atoms with van der Waals surface area (Å²) in [5.41, 5.74) is 0. The average Bonchev–Trinajstić information content (AvgIpc) is 2.69. The quantitative estimate of drug-likeness (QED) is 0.140. The van der Waals surface area contributed by atoms with Crippen molar-refractivity contribution in [3.63, 3.8) is 0 Å². The summed E-state index contributed by atoms with van der Waals surface area (Å²) in [5.74, 6) is -0.287. The molecule has 0 radical (unpaired) electrons. The fourth-order valence-electron chi connectivity index (χ4n) is 3.40. The maximum absolute atomic E-state index is 11.5. The van der Waals surface area contributed by atoms with Gasteiger partial charge in [0.05, 0.1) is 0 Å². The zero-order valence-corrected chi connectivity index (χ0v) is 21.3. The van der Waals surface area contributed by atoms with E-state index in [0.29, 0.717) is 5.76 Å². The summed E-state index contributed by atoms with van der Waals surface area (Å²) in [5, 5.41) is 10.7. The van der Waals surface area contributed by atoms with E-state index in [-0.39, 0.29) is 5.92 Å². The zero-order chi connectivity index (χ0) is 20.7. The third kappa shape index (κ3) is 10.6. The Morgan fingerprint density at radius 3 is 1.81 bits per heavy atom. The Kier molecular flexibility index (Phi) is 15.2. The van der Waals surface area contributed by atoms with Gasteiger partial charge in [-0.25, -0.2) is 0 Å². The molecular formula is C22H42O4Sn. The number of unbranched alkanes of at least 4 members (excludes halogenated alkanes) is 3. The number of carbonyl (C=O) groups is 1. The SMILES string of the molecule is CCC[CH2][Sn](/[CH]=C/[C@H](O)[C@@H](C)/C(=C/C(=O)OC)OC)([CH2]CCC)[CH2]CCC. The molecule has 0 aliphatic rings. The molecule has 0 aromatic heterocycles. The number of hydrogen-bond donors (Lipinski definition) is 1. The van der Waals surface area contributed by atoms with Crippen molar-refractivity contribution in [2.45, 2.75) is 85.6 Å². The maximum atomic E-state index is 11.5. The molecule has 0 heterocycles. The van der Waals surface area contributed by atoms with E-state index in [2.05, 4.69) is 29.6 Å². The Hall–Kier alpha value is -0.491. The van der Waals surface area contributed by atoms with E-state index in [0.717, 1.165) is 0 Å². The minimum absolute atomic E-state index is 0.280. The van der Waals surface area contributed by atoms with Gasteiger partial charge in [-0.1, -0.05) is 0 Å². The van der Waals surface area contributed by atoms with Gasteiger partial charge in [0.25, 0.3) is 0 Å². The number of aliphatic hydroxyl groups excluding tert-OH is 1. The van der Waals surface area contributed by atoms with Gasteiger partial charge in [-0.3, -0.25) is 0 Å². The predicted octanol–water partition coefficient (Wildman–Crippen LogP) is 5.63. The van der Waals surface area contributed by atoms with Crippen molar-refractivity contribution < 1.29 is 19.4 Å². The number of ether oxygens (including phenoxy) is 2. The van der Waals surface area contributed by atoms with Gasteiger partial charge in [-0.05, 0) is 0 Å². The van der Waals surface area contributed by atoms with E-state index < -0.39 is 30.5 Å². The summed E-state index contributed by atoms with van der Waals surface area (Å²) in [4.78, 5) is 11.5. The van der Waals surface area contributed by atoms with Crippen molar-refractivity contribution in [3.05, 3.63) is 22.0 Å². The van der Waals surface area contributed by atoms with Crippen LogP contribution in [0.2, 0.25) is 13.3 Å². The first-order valence-corrected chi connectivity index (χ1v) is 18.3. The molecule has 0 amide bonds. The van der Waals surface area contributed by atoms with E-state index >= 15 is 0 Å². The van der Waals surface area contributed by atoms with Crippen LogP contribution in [0.15, 0.2) is 22.0 Å². The van der Waals surface area contributed by atoms with Gasteiger partial charge in [0.2, 0.25) is 0 Å². The summed E-state index contributed by atoms with van der Waals surface area (Å²) in [6.45, 7) is 8.67.